The minimum absolute atomic E-state index is 0.238. The molecule has 1 fully saturated rings. The summed E-state index contributed by atoms with van der Waals surface area (Å²) < 4.78 is 5.76. The first-order valence-corrected chi connectivity index (χ1v) is 9.28. The number of ether oxygens (including phenoxy) is 1. The lowest BCUT2D eigenvalue weighted by Gasteiger charge is -2.30. The summed E-state index contributed by atoms with van der Waals surface area (Å²) in [6.45, 7) is 6.13. The molecular formula is C18H20NO4S2-. The molecule has 5 nitrogen and oxygen atoms in total. The number of carboxylic acid groups (broad SMARTS) is 1. The number of hydrogen-bond acceptors (Lipinski definition) is 6. The van der Waals surface area contributed by atoms with Crippen molar-refractivity contribution in [2.45, 2.75) is 33.2 Å². The molecule has 1 aromatic carbocycles. The van der Waals surface area contributed by atoms with Crippen molar-refractivity contribution in [1.29, 1.82) is 0 Å². The number of benzene rings is 1. The maximum atomic E-state index is 12.6. The predicted octanol–water partition coefficient (Wildman–Crippen LogP) is 2.45. The zero-order valence-corrected chi connectivity index (χ0v) is 16.0. The van der Waals surface area contributed by atoms with Crippen molar-refractivity contribution in [2.24, 2.45) is 5.92 Å². The molecule has 1 aliphatic rings. The largest absolute Gasteiger partial charge is 0.548 e. The van der Waals surface area contributed by atoms with Gasteiger partial charge in [0.05, 0.1) is 23.5 Å². The molecular weight excluding hydrogens is 358 g/mol. The highest BCUT2D eigenvalue weighted by Gasteiger charge is 2.38. The van der Waals surface area contributed by atoms with Gasteiger partial charge in [0, 0.05) is 0 Å². The van der Waals surface area contributed by atoms with Gasteiger partial charge in [-0.3, -0.25) is 9.69 Å². The number of carbonyl (C=O) groups excluding carboxylic acids is 2. The van der Waals surface area contributed by atoms with E-state index < -0.39 is 17.9 Å². The Bertz CT molecular complexity index is 698. The van der Waals surface area contributed by atoms with Crippen LogP contribution in [0.1, 0.15) is 32.8 Å². The van der Waals surface area contributed by atoms with Crippen LogP contribution >= 0.6 is 24.0 Å². The molecule has 0 unspecified atom stereocenters. The lowest BCUT2D eigenvalue weighted by Crippen LogP contribution is -2.52. The third-order valence-electron chi connectivity index (χ3n) is 3.63. The van der Waals surface area contributed by atoms with Gasteiger partial charge in [-0.05, 0) is 36.1 Å². The van der Waals surface area contributed by atoms with Crippen molar-refractivity contribution in [3.8, 4) is 5.75 Å². The topological polar surface area (TPSA) is 69.7 Å². The fourth-order valence-corrected chi connectivity index (χ4v) is 3.76. The van der Waals surface area contributed by atoms with Crippen LogP contribution in [0, 0.1) is 5.92 Å². The van der Waals surface area contributed by atoms with Crippen molar-refractivity contribution < 1.29 is 19.4 Å². The van der Waals surface area contributed by atoms with Crippen LogP contribution in [0.4, 0.5) is 0 Å². The molecule has 1 aliphatic heterocycles. The summed E-state index contributed by atoms with van der Waals surface area (Å²) in [7, 11) is 0. The van der Waals surface area contributed by atoms with E-state index in [4.69, 9.17) is 17.0 Å². The lowest BCUT2D eigenvalue weighted by atomic mass is 10.0. The van der Waals surface area contributed by atoms with Gasteiger partial charge in [0.15, 0.2) is 0 Å². The molecule has 1 atom stereocenters. The summed E-state index contributed by atoms with van der Waals surface area (Å²) in [5.74, 6) is -1.24. The monoisotopic (exact) mass is 378 g/mol. The molecule has 0 spiro atoms. The number of amides is 1. The van der Waals surface area contributed by atoms with Gasteiger partial charge < -0.3 is 14.6 Å². The van der Waals surface area contributed by atoms with Crippen LogP contribution in [0.2, 0.25) is 0 Å². The second-order valence-electron chi connectivity index (χ2n) is 5.98. The van der Waals surface area contributed by atoms with E-state index >= 15 is 0 Å². The molecule has 134 valence electrons. The van der Waals surface area contributed by atoms with E-state index in [1.165, 1.54) is 0 Å². The van der Waals surface area contributed by atoms with Crippen LogP contribution in [0.25, 0.3) is 6.08 Å². The molecule has 2 rings (SSSR count). The van der Waals surface area contributed by atoms with Gasteiger partial charge in [0.2, 0.25) is 0 Å². The number of carboxylic acids is 1. The highest BCUT2D eigenvalue weighted by Crippen LogP contribution is 2.35. The summed E-state index contributed by atoms with van der Waals surface area (Å²) >= 11 is 6.31. The van der Waals surface area contributed by atoms with E-state index in [9.17, 15) is 14.7 Å². The minimum Gasteiger partial charge on any atom is -0.548 e. The van der Waals surface area contributed by atoms with Crippen molar-refractivity contribution in [1.82, 2.24) is 4.90 Å². The minimum atomic E-state index is -1.30. The van der Waals surface area contributed by atoms with Gasteiger partial charge >= 0.3 is 0 Å². The standard InChI is InChI=1S/C18H21NO4S2/c1-4-9-23-13-7-5-12(6-8-13)10-14-16(20)19(18(24)25-14)15(11(2)3)17(21)22/h5-8,10-11,15H,4,9H2,1-3H3,(H,21,22)/p-1/b14-10-/t15-/m0/s1. The highest BCUT2D eigenvalue weighted by atomic mass is 32.2. The molecule has 0 aliphatic carbocycles. The average Bonchev–Trinajstić information content (AvgIpc) is 2.81. The third-order valence-corrected chi connectivity index (χ3v) is 4.96. The Balaban J connectivity index is 2.20. The van der Waals surface area contributed by atoms with E-state index in [-0.39, 0.29) is 10.2 Å². The maximum Gasteiger partial charge on any atom is 0.266 e. The Morgan fingerprint density at radius 2 is 2.00 bits per heavy atom. The van der Waals surface area contributed by atoms with Crippen molar-refractivity contribution >= 4 is 46.3 Å². The van der Waals surface area contributed by atoms with Crippen LogP contribution in [-0.4, -0.2) is 33.7 Å². The van der Waals surface area contributed by atoms with E-state index in [0.717, 1.165) is 34.4 Å². The molecule has 25 heavy (non-hydrogen) atoms. The van der Waals surface area contributed by atoms with Gasteiger partial charge in [-0.15, -0.1) is 0 Å². The Hall–Kier alpha value is -1.86. The third kappa shape index (κ3) is 4.61. The number of rotatable bonds is 7. The molecule has 0 bridgehead atoms. The maximum absolute atomic E-state index is 12.6. The molecule has 1 saturated heterocycles. The molecule has 1 amide bonds. The van der Waals surface area contributed by atoms with Crippen LogP contribution < -0.4 is 9.84 Å². The molecule has 0 aromatic heterocycles. The SMILES string of the molecule is CCCOc1ccc(/C=C2\SC(=S)N([C@H](C(=O)[O-])C(C)C)C2=O)cc1. The number of nitrogens with zero attached hydrogens (tertiary/aromatic N) is 1. The Kier molecular flexibility index (Phi) is 6.61. The van der Waals surface area contributed by atoms with Crippen molar-refractivity contribution in [3.05, 3.63) is 34.7 Å². The van der Waals surface area contributed by atoms with E-state index in [1.807, 2.05) is 31.2 Å². The summed E-state index contributed by atoms with van der Waals surface area (Å²) in [5.41, 5.74) is 0.818. The van der Waals surface area contributed by atoms with Gasteiger partial charge in [-0.1, -0.05) is 56.9 Å². The quantitative estimate of drug-likeness (QED) is 0.536. The first-order chi connectivity index (χ1) is 11.8. The van der Waals surface area contributed by atoms with E-state index in [2.05, 4.69) is 0 Å². The van der Waals surface area contributed by atoms with Gasteiger partial charge in [0.1, 0.15) is 10.1 Å². The normalized spacial score (nSPS) is 17.4. The number of carbonyl (C=O) groups is 2. The van der Waals surface area contributed by atoms with E-state index in [1.54, 1.807) is 19.9 Å². The molecule has 0 radical (unpaired) electrons. The first-order valence-electron chi connectivity index (χ1n) is 8.06. The first kappa shape index (κ1) is 19.5. The summed E-state index contributed by atoms with van der Waals surface area (Å²) in [5, 5.41) is 11.4. The summed E-state index contributed by atoms with van der Waals surface area (Å²) in [4.78, 5) is 25.6. The number of thiocarbonyl (C=S) groups is 1. The van der Waals surface area contributed by atoms with Crippen molar-refractivity contribution in [3.63, 3.8) is 0 Å². The fraction of sp³-hybridized carbons (Fsp3) is 0.389. The van der Waals surface area contributed by atoms with Crippen LogP contribution in [-0.2, 0) is 9.59 Å². The second kappa shape index (κ2) is 8.49. The summed E-state index contributed by atoms with van der Waals surface area (Å²) in [6, 6.07) is 6.29. The van der Waals surface area contributed by atoms with Gasteiger partial charge in [-0.25, -0.2) is 0 Å². The van der Waals surface area contributed by atoms with E-state index in [0.29, 0.717) is 11.5 Å². The van der Waals surface area contributed by atoms with Crippen LogP contribution in [0.15, 0.2) is 29.2 Å². The second-order valence-corrected chi connectivity index (χ2v) is 7.65. The molecule has 0 saturated carbocycles. The van der Waals surface area contributed by atoms with Crippen molar-refractivity contribution in [2.75, 3.05) is 6.61 Å². The molecule has 7 heteroatoms. The summed E-state index contributed by atoms with van der Waals surface area (Å²) in [6.07, 6.45) is 2.63. The molecule has 1 aromatic rings. The Morgan fingerprint density at radius 3 is 2.52 bits per heavy atom. The zero-order valence-electron chi connectivity index (χ0n) is 14.4. The average molecular weight is 378 g/mol. The van der Waals surface area contributed by atoms with Gasteiger partial charge in [0.25, 0.3) is 5.91 Å². The smallest absolute Gasteiger partial charge is 0.266 e. The highest BCUT2D eigenvalue weighted by molar-refractivity contribution is 8.26. The number of aliphatic carboxylic acids is 1. The predicted molar refractivity (Wildman–Crippen MR) is 101 cm³/mol. The number of thioether (sulfide) groups is 1. The lowest BCUT2D eigenvalue weighted by molar-refractivity contribution is -0.311. The molecule has 0 N–H and O–H groups in total. The Labute approximate surface area is 157 Å². The fourth-order valence-electron chi connectivity index (χ4n) is 2.43. The number of hydrogen-bond donors (Lipinski definition) is 0. The zero-order chi connectivity index (χ0) is 18.6. The van der Waals surface area contributed by atoms with Crippen LogP contribution in [0.3, 0.4) is 0 Å². The molecule has 1 heterocycles. The Morgan fingerprint density at radius 1 is 1.36 bits per heavy atom. The van der Waals surface area contributed by atoms with Crippen LogP contribution in [0.5, 0.6) is 5.75 Å². The van der Waals surface area contributed by atoms with Gasteiger partial charge in [-0.2, -0.15) is 0 Å².